The van der Waals surface area contributed by atoms with Gasteiger partial charge in [-0.1, -0.05) is 150 Å². The van der Waals surface area contributed by atoms with Crippen molar-refractivity contribution in [3.8, 4) is 0 Å². The molecule has 0 bridgehead atoms. The van der Waals surface area contributed by atoms with Crippen molar-refractivity contribution in [3.05, 3.63) is 97.2 Å². The van der Waals surface area contributed by atoms with Gasteiger partial charge in [-0.25, -0.2) is 0 Å². The lowest BCUT2D eigenvalue weighted by molar-refractivity contribution is -0.166. The molecule has 0 heterocycles. The Kier molecular flexibility index (Phi) is 37.3. The molecule has 0 aliphatic heterocycles. The second-order valence-electron chi connectivity index (χ2n) is 12.8. The number of unbranched alkanes of at least 4 members (excludes halogenated alkanes) is 8. The van der Waals surface area contributed by atoms with Gasteiger partial charge in [0.1, 0.15) is 13.2 Å². The summed E-state index contributed by atoms with van der Waals surface area (Å²) < 4.78 is 16.4. The third-order valence-electron chi connectivity index (χ3n) is 7.85. The molecule has 0 aliphatic carbocycles. The summed E-state index contributed by atoms with van der Waals surface area (Å²) in [7, 11) is 0. The van der Waals surface area contributed by atoms with Gasteiger partial charge in [-0.15, -0.1) is 0 Å². The first-order valence-electron chi connectivity index (χ1n) is 20.2. The highest BCUT2D eigenvalue weighted by Crippen LogP contribution is 2.09. The predicted octanol–water partition coefficient (Wildman–Crippen LogP) is 12.7. The zero-order valence-electron chi connectivity index (χ0n) is 33.0. The summed E-state index contributed by atoms with van der Waals surface area (Å²) in [6.45, 7) is 6.16. The smallest absolute Gasteiger partial charge is 0.309 e. The summed E-state index contributed by atoms with van der Waals surface area (Å²) >= 11 is 0. The zero-order chi connectivity index (χ0) is 38.0. The Bertz CT molecular complexity index is 1100. The maximum Gasteiger partial charge on any atom is 0.309 e. The fraction of sp³-hybridized carbons (Fsp3) is 0.587. The van der Waals surface area contributed by atoms with Gasteiger partial charge in [-0.3, -0.25) is 14.4 Å². The maximum atomic E-state index is 12.6. The van der Waals surface area contributed by atoms with Gasteiger partial charge in [0.25, 0.3) is 0 Å². The number of allylic oxidation sites excluding steroid dienone is 15. The van der Waals surface area contributed by atoms with Crippen LogP contribution < -0.4 is 0 Å². The van der Waals surface area contributed by atoms with E-state index in [-0.39, 0.29) is 38.4 Å². The molecule has 1 unspecified atom stereocenters. The van der Waals surface area contributed by atoms with Crippen LogP contribution in [0.3, 0.4) is 0 Å². The minimum atomic E-state index is -0.852. The number of ether oxygens (including phenoxy) is 3. The fourth-order valence-corrected chi connectivity index (χ4v) is 4.86. The minimum absolute atomic E-state index is 0.115. The second-order valence-corrected chi connectivity index (χ2v) is 12.8. The fourth-order valence-electron chi connectivity index (χ4n) is 4.86. The first-order valence-corrected chi connectivity index (χ1v) is 20.2. The first-order chi connectivity index (χ1) is 25.5. The van der Waals surface area contributed by atoms with Crippen LogP contribution >= 0.6 is 0 Å². The van der Waals surface area contributed by atoms with Crippen molar-refractivity contribution in [1.82, 2.24) is 0 Å². The van der Waals surface area contributed by atoms with E-state index >= 15 is 0 Å². The van der Waals surface area contributed by atoms with Crippen molar-refractivity contribution < 1.29 is 28.6 Å². The van der Waals surface area contributed by atoms with Gasteiger partial charge in [-0.2, -0.15) is 0 Å². The summed E-state index contributed by atoms with van der Waals surface area (Å²) in [5.41, 5.74) is 0. The van der Waals surface area contributed by atoms with E-state index in [2.05, 4.69) is 99.8 Å². The van der Waals surface area contributed by atoms with E-state index in [1.165, 1.54) is 38.5 Å². The van der Waals surface area contributed by atoms with Crippen molar-refractivity contribution in [3.63, 3.8) is 0 Å². The molecule has 0 spiro atoms. The summed E-state index contributed by atoms with van der Waals surface area (Å²) in [5.74, 6) is -1.20. The van der Waals surface area contributed by atoms with E-state index < -0.39 is 18.0 Å². The van der Waals surface area contributed by atoms with E-state index in [1.54, 1.807) is 6.08 Å². The van der Waals surface area contributed by atoms with Gasteiger partial charge in [0.2, 0.25) is 0 Å². The third kappa shape index (κ3) is 37.6. The summed E-state index contributed by atoms with van der Waals surface area (Å²) in [5, 5.41) is 0. The highest BCUT2D eigenvalue weighted by molar-refractivity contribution is 5.72. The molecule has 0 aromatic carbocycles. The van der Waals surface area contributed by atoms with Crippen molar-refractivity contribution in [2.75, 3.05) is 13.2 Å². The molecule has 0 saturated heterocycles. The Morgan fingerprint density at radius 1 is 0.423 bits per heavy atom. The number of carbonyl (C=O) groups excluding carboxylic acids is 3. The molecule has 6 nitrogen and oxygen atoms in total. The van der Waals surface area contributed by atoms with Crippen LogP contribution in [0.25, 0.3) is 0 Å². The van der Waals surface area contributed by atoms with E-state index in [0.717, 1.165) is 64.2 Å². The topological polar surface area (TPSA) is 78.9 Å². The lowest BCUT2D eigenvalue weighted by Crippen LogP contribution is -2.30. The Labute approximate surface area is 317 Å². The van der Waals surface area contributed by atoms with Gasteiger partial charge in [-0.05, 0) is 83.5 Å². The Morgan fingerprint density at radius 2 is 0.865 bits per heavy atom. The lowest BCUT2D eigenvalue weighted by atomic mass is 10.1. The molecular formula is C46H72O6. The van der Waals surface area contributed by atoms with Gasteiger partial charge >= 0.3 is 17.9 Å². The van der Waals surface area contributed by atoms with Crippen molar-refractivity contribution in [2.45, 2.75) is 162 Å². The SMILES string of the molecule is CC/C=C\C/C=C\C/C=C\CCCCC(=O)OC(COC(=O)C/C=C\C/C=C\C/C=C\CC)COC(=O)CC/C=C\C/C=C\CCCCCCCC. The highest BCUT2D eigenvalue weighted by atomic mass is 16.6. The average Bonchev–Trinajstić information content (AvgIpc) is 3.14. The van der Waals surface area contributed by atoms with Gasteiger partial charge < -0.3 is 14.2 Å². The Morgan fingerprint density at radius 3 is 1.42 bits per heavy atom. The molecule has 0 aromatic heterocycles. The van der Waals surface area contributed by atoms with E-state index in [0.29, 0.717) is 12.8 Å². The van der Waals surface area contributed by atoms with Crippen LogP contribution in [0.4, 0.5) is 0 Å². The first kappa shape index (κ1) is 48.3. The minimum Gasteiger partial charge on any atom is -0.462 e. The van der Waals surface area contributed by atoms with Crippen LogP contribution in [-0.4, -0.2) is 37.2 Å². The Hall–Kier alpha value is -3.67. The summed E-state index contributed by atoms with van der Waals surface area (Å²) in [6, 6.07) is 0. The number of rotatable bonds is 34. The molecule has 0 fully saturated rings. The number of hydrogen-bond acceptors (Lipinski definition) is 6. The highest BCUT2D eigenvalue weighted by Gasteiger charge is 2.19. The monoisotopic (exact) mass is 721 g/mol. The molecule has 0 aromatic rings. The van der Waals surface area contributed by atoms with E-state index in [1.807, 2.05) is 12.2 Å². The largest absolute Gasteiger partial charge is 0.462 e. The molecule has 292 valence electrons. The maximum absolute atomic E-state index is 12.6. The van der Waals surface area contributed by atoms with Gasteiger partial charge in [0.15, 0.2) is 6.10 Å². The molecule has 0 aliphatic rings. The van der Waals surface area contributed by atoms with Crippen molar-refractivity contribution in [2.24, 2.45) is 0 Å². The van der Waals surface area contributed by atoms with Crippen LogP contribution in [0.2, 0.25) is 0 Å². The van der Waals surface area contributed by atoms with E-state index in [9.17, 15) is 14.4 Å². The molecule has 0 N–H and O–H groups in total. The number of esters is 3. The molecule has 0 radical (unpaired) electrons. The van der Waals surface area contributed by atoms with Crippen LogP contribution in [-0.2, 0) is 28.6 Å². The predicted molar refractivity (Wildman–Crippen MR) is 219 cm³/mol. The summed E-state index contributed by atoms with van der Waals surface area (Å²) in [6.07, 6.45) is 51.6. The van der Waals surface area contributed by atoms with E-state index in [4.69, 9.17) is 14.2 Å². The number of hydrogen-bond donors (Lipinski definition) is 0. The lowest BCUT2D eigenvalue weighted by Gasteiger charge is -2.18. The van der Waals surface area contributed by atoms with Crippen LogP contribution in [0.1, 0.15) is 156 Å². The molecule has 1 atom stereocenters. The molecule has 0 rings (SSSR count). The standard InChI is InChI=1S/C46H72O6/c1-4-7-10-13-16-19-21-23-25-27-30-33-36-39-45(48)51-42-43(41-50-44(47)38-35-32-29-26-18-15-12-9-6-3)52-46(49)40-37-34-31-28-24-22-20-17-14-11-8-5-2/h8-9,11-12,17-18,20,23-26,28,30,32-33,35,43H,4-7,10,13-16,19,21-22,27,29,31,34,36-42H2,1-3H3/b11-8-,12-9-,20-17-,25-23-,26-18-,28-24-,33-30-,35-32-. The second kappa shape index (κ2) is 40.1. The molecule has 0 saturated carbocycles. The molecule has 52 heavy (non-hydrogen) atoms. The van der Waals surface area contributed by atoms with Crippen LogP contribution in [0.15, 0.2) is 97.2 Å². The molecule has 6 heteroatoms. The van der Waals surface area contributed by atoms with Crippen molar-refractivity contribution >= 4 is 17.9 Å². The summed E-state index contributed by atoms with van der Waals surface area (Å²) in [4.78, 5) is 37.4. The molecule has 0 amide bonds. The zero-order valence-corrected chi connectivity index (χ0v) is 33.0. The average molecular weight is 721 g/mol. The van der Waals surface area contributed by atoms with Gasteiger partial charge in [0, 0.05) is 12.8 Å². The van der Waals surface area contributed by atoms with Gasteiger partial charge in [0.05, 0.1) is 6.42 Å². The normalized spacial score (nSPS) is 13.1. The van der Waals surface area contributed by atoms with Crippen LogP contribution in [0.5, 0.6) is 0 Å². The van der Waals surface area contributed by atoms with Crippen molar-refractivity contribution in [1.29, 1.82) is 0 Å². The third-order valence-corrected chi connectivity index (χ3v) is 7.85. The quantitative estimate of drug-likeness (QED) is 0.0285. The van der Waals surface area contributed by atoms with Crippen LogP contribution in [0, 0.1) is 0 Å². The number of carbonyl (C=O) groups is 3. The molecular weight excluding hydrogens is 648 g/mol. The Balaban J connectivity index is 4.62.